The van der Waals surface area contributed by atoms with Crippen LogP contribution in [0.1, 0.15) is 27.2 Å². The average molecular weight is 108 g/mol. The molecule has 2 radical (unpaired) electrons. The molecule has 0 amide bonds. The molecular weight excluding hydrogens is 94.9 g/mol. The van der Waals surface area contributed by atoms with Crippen LogP contribution in [0, 0.1) is 0 Å². The van der Waals surface area contributed by atoms with Gasteiger partial charge in [0.2, 0.25) is 0 Å². The standard InChI is InChI=1S/C7H13B/c1-6(2)7(3)4-5-8/h4-5H2,1-3H3. The molecule has 0 nitrogen and oxygen atoms in total. The molecule has 0 rings (SSSR count). The lowest BCUT2D eigenvalue weighted by Crippen LogP contribution is -1.78. The van der Waals surface area contributed by atoms with Crippen LogP contribution in [0.4, 0.5) is 0 Å². The Balaban J connectivity index is 3.62. The Bertz CT molecular complexity index is 88.6. The first kappa shape index (κ1) is 7.80. The molecule has 0 fully saturated rings. The van der Waals surface area contributed by atoms with E-state index in [0.717, 1.165) is 12.7 Å². The van der Waals surface area contributed by atoms with E-state index in [2.05, 4.69) is 20.8 Å². The topological polar surface area (TPSA) is 0 Å². The van der Waals surface area contributed by atoms with Gasteiger partial charge in [-0.15, -0.1) is 0 Å². The fourth-order valence-electron chi connectivity index (χ4n) is 0.467. The van der Waals surface area contributed by atoms with E-state index in [9.17, 15) is 0 Å². The fourth-order valence-corrected chi connectivity index (χ4v) is 0.467. The molecule has 0 saturated carbocycles. The van der Waals surface area contributed by atoms with E-state index in [0.29, 0.717) is 0 Å². The van der Waals surface area contributed by atoms with Crippen LogP contribution in [0.25, 0.3) is 0 Å². The van der Waals surface area contributed by atoms with E-state index in [1.54, 1.807) is 0 Å². The monoisotopic (exact) mass is 108 g/mol. The minimum Gasteiger partial charge on any atom is -0.0850 e. The molecule has 0 bridgehead atoms. The summed E-state index contributed by atoms with van der Waals surface area (Å²) in [5.74, 6) is 0. The maximum Gasteiger partial charge on any atom is 0.0657 e. The molecule has 0 aromatic rings. The summed E-state index contributed by atoms with van der Waals surface area (Å²) in [6, 6.07) is 0. The first-order valence-electron chi connectivity index (χ1n) is 3.01. The van der Waals surface area contributed by atoms with Gasteiger partial charge in [0, 0.05) is 0 Å². The maximum atomic E-state index is 5.33. The molecule has 1 heteroatoms. The Kier molecular flexibility index (Phi) is 3.67. The van der Waals surface area contributed by atoms with Gasteiger partial charge in [-0.25, -0.2) is 0 Å². The minimum absolute atomic E-state index is 0.775. The summed E-state index contributed by atoms with van der Waals surface area (Å²) in [6.07, 6.45) is 1.82. The van der Waals surface area contributed by atoms with Gasteiger partial charge in [-0.3, -0.25) is 0 Å². The maximum absolute atomic E-state index is 5.33. The van der Waals surface area contributed by atoms with Gasteiger partial charge in [0.25, 0.3) is 0 Å². The summed E-state index contributed by atoms with van der Waals surface area (Å²) in [5.41, 5.74) is 2.82. The predicted molar refractivity (Wildman–Crippen MR) is 39.2 cm³/mol. The van der Waals surface area contributed by atoms with Crippen molar-refractivity contribution in [3.05, 3.63) is 11.1 Å². The highest BCUT2D eigenvalue weighted by Crippen LogP contribution is 2.07. The number of rotatable bonds is 2. The van der Waals surface area contributed by atoms with Crippen LogP contribution in [-0.4, -0.2) is 7.85 Å². The molecule has 8 heavy (non-hydrogen) atoms. The molecule has 0 aliphatic carbocycles. The van der Waals surface area contributed by atoms with E-state index >= 15 is 0 Å². The largest absolute Gasteiger partial charge is 0.0850 e. The van der Waals surface area contributed by atoms with Crippen molar-refractivity contribution in [1.29, 1.82) is 0 Å². The highest BCUT2D eigenvalue weighted by molar-refractivity contribution is 6.08. The molecular formula is C7H13B. The molecule has 0 atom stereocenters. The zero-order valence-corrected chi connectivity index (χ0v) is 5.99. The van der Waals surface area contributed by atoms with Crippen LogP contribution in [-0.2, 0) is 0 Å². The summed E-state index contributed by atoms with van der Waals surface area (Å²) < 4.78 is 0. The van der Waals surface area contributed by atoms with E-state index in [1.165, 1.54) is 11.1 Å². The Morgan fingerprint density at radius 3 is 1.88 bits per heavy atom. The van der Waals surface area contributed by atoms with Gasteiger partial charge in [0.05, 0.1) is 7.85 Å². The smallest absolute Gasteiger partial charge is 0.0657 e. The van der Waals surface area contributed by atoms with Gasteiger partial charge in [0.1, 0.15) is 0 Å². The van der Waals surface area contributed by atoms with E-state index in [-0.39, 0.29) is 0 Å². The lowest BCUT2D eigenvalue weighted by Gasteiger charge is -1.98. The number of hydrogen-bond acceptors (Lipinski definition) is 0. The highest BCUT2D eigenvalue weighted by Gasteiger charge is 1.86. The summed E-state index contributed by atoms with van der Waals surface area (Å²) in [4.78, 5) is 0. The molecule has 0 aromatic carbocycles. The lowest BCUT2D eigenvalue weighted by atomic mass is 9.96. The summed E-state index contributed by atoms with van der Waals surface area (Å²) in [7, 11) is 5.33. The van der Waals surface area contributed by atoms with Gasteiger partial charge in [0.15, 0.2) is 0 Å². The molecule has 0 N–H and O–H groups in total. The lowest BCUT2D eigenvalue weighted by molar-refractivity contribution is 1.05. The van der Waals surface area contributed by atoms with Crippen LogP contribution in [0.5, 0.6) is 0 Å². The van der Waals surface area contributed by atoms with Gasteiger partial charge in [-0.2, -0.15) is 0 Å². The Labute approximate surface area is 53.4 Å². The molecule has 0 unspecified atom stereocenters. The van der Waals surface area contributed by atoms with Crippen LogP contribution in [0.3, 0.4) is 0 Å². The minimum atomic E-state index is 0.775. The molecule has 0 heterocycles. The second-order valence-corrected chi connectivity index (χ2v) is 2.32. The third kappa shape index (κ3) is 2.89. The zero-order chi connectivity index (χ0) is 6.57. The van der Waals surface area contributed by atoms with Crippen molar-refractivity contribution in [1.82, 2.24) is 0 Å². The second-order valence-electron chi connectivity index (χ2n) is 2.32. The third-order valence-electron chi connectivity index (χ3n) is 1.37. The van der Waals surface area contributed by atoms with Crippen LogP contribution < -0.4 is 0 Å². The normalized spacial score (nSPS) is 8.88. The van der Waals surface area contributed by atoms with Gasteiger partial charge < -0.3 is 0 Å². The van der Waals surface area contributed by atoms with Crippen molar-refractivity contribution in [2.45, 2.75) is 33.5 Å². The van der Waals surface area contributed by atoms with Crippen molar-refractivity contribution in [2.75, 3.05) is 0 Å². The summed E-state index contributed by atoms with van der Waals surface area (Å²) in [5, 5.41) is 0. The van der Waals surface area contributed by atoms with Crippen LogP contribution >= 0.6 is 0 Å². The number of allylic oxidation sites excluding steroid dienone is 2. The molecule has 0 aliphatic heterocycles. The van der Waals surface area contributed by atoms with Gasteiger partial charge in [-0.1, -0.05) is 17.5 Å². The van der Waals surface area contributed by atoms with E-state index in [1.807, 2.05) is 0 Å². The SMILES string of the molecule is [B]CCC(C)=C(C)C. The van der Waals surface area contributed by atoms with Gasteiger partial charge >= 0.3 is 0 Å². The molecule has 0 aliphatic rings. The summed E-state index contributed by atoms with van der Waals surface area (Å²) in [6.45, 7) is 6.36. The Morgan fingerprint density at radius 1 is 1.25 bits per heavy atom. The second kappa shape index (κ2) is 3.76. The predicted octanol–water partition coefficient (Wildman–Crippen LogP) is 2.32. The quantitative estimate of drug-likeness (QED) is 0.376. The molecule has 0 saturated heterocycles. The zero-order valence-electron chi connectivity index (χ0n) is 5.99. The first-order chi connectivity index (χ1) is 3.68. The van der Waals surface area contributed by atoms with Crippen molar-refractivity contribution in [3.8, 4) is 0 Å². The molecule has 0 spiro atoms. The number of hydrogen-bond donors (Lipinski definition) is 0. The van der Waals surface area contributed by atoms with Gasteiger partial charge in [-0.05, 0) is 27.2 Å². The first-order valence-corrected chi connectivity index (χ1v) is 3.01. The third-order valence-corrected chi connectivity index (χ3v) is 1.37. The van der Waals surface area contributed by atoms with E-state index < -0.39 is 0 Å². The van der Waals surface area contributed by atoms with Crippen molar-refractivity contribution in [3.63, 3.8) is 0 Å². The van der Waals surface area contributed by atoms with Crippen LogP contribution in [0.15, 0.2) is 11.1 Å². The molecule has 0 aromatic heterocycles. The Morgan fingerprint density at radius 2 is 1.75 bits per heavy atom. The van der Waals surface area contributed by atoms with Crippen molar-refractivity contribution < 1.29 is 0 Å². The van der Waals surface area contributed by atoms with Crippen molar-refractivity contribution >= 4 is 7.85 Å². The summed E-state index contributed by atoms with van der Waals surface area (Å²) >= 11 is 0. The van der Waals surface area contributed by atoms with Crippen LogP contribution in [0.2, 0.25) is 6.32 Å². The Hall–Kier alpha value is -0.195. The van der Waals surface area contributed by atoms with E-state index in [4.69, 9.17) is 7.85 Å². The average Bonchev–Trinajstić information content (AvgIpc) is 1.67. The van der Waals surface area contributed by atoms with Crippen molar-refractivity contribution in [2.24, 2.45) is 0 Å². The molecule has 44 valence electrons. The fraction of sp³-hybridized carbons (Fsp3) is 0.714. The highest BCUT2D eigenvalue weighted by atomic mass is 13.9.